The molecule has 0 radical (unpaired) electrons. The van der Waals surface area contributed by atoms with Crippen molar-refractivity contribution in [3.05, 3.63) is 65.2 Å². The standard InChI is InChI=1S/C29H28F3N9O/c1-27(2,3)16-37-25-19(12-34)14-36-24-18(11-33)9-20(10-21(24)25)38-26(17-5-6-23(42-4)35-13-17)22-15-41(40-39-22)28(7-8-28)29(30,31)32/h5-6,9-10,13-15,26,38H,7-8,16H2,1-4H3,(H,36,37)/t26-/m0/s1. The average Bonchev–Trinajstić information content (AvgIpc) is 3.65. The summed E-state index contributed by atoms with van der Waals surface area (Å²) in [5.74, 6) is 0.359. The van der Waals surface area contributed by atoms with E-state index in [1.807, 2.05) is 20.8 Å². The molecule has 0 saturated heterocycles. The average molecular weight is 576 g/mol. The summed E-state index contributed by atoms with van der Waals surface area (Å²) in [4.78, 5) is 8.63. The van der Waals surface area contributed by atoms with Gasteiger partial charge in [0.05, 0.1) is 41.7 Å². The molecule has 42 heavy (non-hydrogen) atoms. The Bertz CT molecular complexity index is 1710. The Kier molecular flexibility index (Phi) is 7.15. The number of pyridine rings is 2. The van der Waals surface area contributed by atoms with E-state index in [4.69, 9.17) is 4.74 Å². The number of nitrogens with one attached hydrogen (secondary N) is 2. The molecule has 0 bridgehead atoms. The van der Waals surface area contributed by atoms with Crippen LogP contribution in [0, 0.1) is 28.1 Å². The Morgan fingerprint density at radius 2 is 1.81 bits per heavy atom. The highest BCUT2D eigenvalue weighted by atomic mass is 19.4. The highest BCUT2D eigenvalue weighted by Gasteiger charge is 2.66. The van der Waals surface area contributed by atoms with Gasteiger partial charge < -0.3 is 15.4 Å². The Balaban J connectivity index is 1.61. The zero-order valence-electron chi connectivity index (χ0n) is 23.4. The summed E-state index contributed by atoms with van der Waals surface area (Å²) in [6.45, 7) is 6.70. The van der Waals surface area contributed by atoms with Crippen molar-refractivity contribution in [3.63, 3.8) is 0 Å². The monoisotopic (exact) mass is 575 g/mol. The molecule has 5 rings (SSSR count). The molecule has 1 aromatic carbocycles. The number of halogens is 3. The van der Waals surface area contributed by atoms with Crippen molar-refractivity contribution in [3.8, 4) is 18.0 Å². The Morgan fingerprint density at radius 3 is 2.38 bits per heavy atom. The van der Waals surface area contributed by atoms with E-state index >= 15 is 0 Å². The molecule has 1 saturated carbocycles. The second-order valence-electron chi connectivity index (χ2n) is 11.4. The van der Waals surface area contributed by atoms with E-state index in [0.29, 0.717) is 45.8 Å². The predicted octanol–water partition coefficient (Wildman–Crippen LogP) is 5.68. The van der Waals surface area contributed by atoms with Crippen LogP contribution >= 0.6 is 0 Å². The number of anilines is 2. The van der Waals surface area contributed by atoms with Crippen LogP contribution < -0.4 is 15.4 Å². The number of rotatable bonds is 8. The van der Waals surface area contributed by atoms with E-state index in [-0.39, 0.29) is 29.5 Å². The van der Waals surface area contributed by atoms with E-state index < -0.39 is 17.8 Å². The molecule has 10 nitrogen and oxygen atoms in total. The molecule has 3 aromatic heterocycles. The molecule has 1 aliphatic rings. The molecule has 1 atom stereocenters. The van der Waals surface area contributed by atoms with Gasteiger partial charge in [0.1, 0.15) is 17.8 Å². The second-order valence-corrected chi connectivity index (χ2v) is 11.4. The quantitative estimate of drug-likeness (QED) is 0.272. The lowest BCUT2D eigenvalue weighted by atomic mass is 9.96. The molecular formula is C29H28F3N9O. The number of methoxy groups -OCH3 is 1. The van der Waals surface area contributed by atoms with Crippen LogP contribution in [0.2, 0.25) is 0 Å². The first kappa shape index (κ1) is 28.6. The third-order valence-electron chi connectivity index (χ3n) is 7.12. The van der Waals surface area contributed by atoms with E-state index in [1.54, 1.807) is 24.3 Å². The summed E-state index contributed by atoms with van der Waals surface area (Å²) in [5, 5.41) is 34.9. The van der Waals surface area contributed by atoms with Crippen molar-refractivity contribution in [2.24, 2.45) is 5.41 Å². The summed E-state index contributed by atoms with van der Waals surface area (Å²) < 4.78 is 47.5. The van der Waals surface area contributed by atoms with Crippen molar-refractivity contribution >= 4 is 22.3 Å². The van der Waals surface area contributed by atoms with Gasteiger partial charge in [-0.1, -0.05) is 26.0 Å². The minimum absolute atomic E-state index is 0.0732. The molecule has 4 aromatic rings. The Labute approximate surface area is 240 Å². The maximum atomic E-state index is 13.8. The lowest BCUT2D eigenvalue weighted by Gasteiger charge is -2.22. The van der Waals surface area contributed by atoms with Crippen LogP contribution in [0.15, 0.2) is 42.9 Å². The van der Waals surface area contributed by atoms with Gasteiger partial charge in [-0.05, 0) is 42.0 Å². The number of fused-ring (bicyclic) bond motifs is 1. The zero-order chi connectivity index (χ0) is 30.3. The van der Waals surface area contributed by atoms with Crippen LogP contribution in [-0.4, -0.2) is 44.8 Å². The van der Waals surface area contributed by atoms with Gasteiger partial charge in [0.15, 0.2) is 5.54 Å². The topological polar surface area (TPSA) is 137 Å². The molecular weight excluding hydrogens is 547 g/mol. The van der Waals surface area contributed by atoms with Crippen LogP contribution in [0.1, 0.15) is 62.0 Å². The van der Waals surface area contributed by atoms with E-state index in [2.05, 4.69) is 43.1 Å². The van der Waals surface area contributed by atoms with Gasteiger partial charge in [0.25, 0.3) is 0 Å². The van der Waals surface area contributed by atoms with Gasteiger partial charge in [-0.3, -0.25) is 4.98 Å². The summed E-state index contributed by atoms with van der Waals surface area (Å²) in [7, 11) is 1.48. The Hall–Kier alpha value is -4.91. The van der Waals surface area contributed by atoms with Crippen molar-refractivity contribution in [1.29, 1.82) is 10.5 Å². The predicted molar refractivity (Wildman–Crippen MR) is 149 cm³/mol. The maximum absolute atomic E-state index is 13.8. The molecule has 13 heteroatoms. The normalized spacial score (nSPS) is 15.0. The van der Waals surface area contributed by atoms with Crippen LogP contribution in [-0.2, 0) is 5.54 Å². The third kappa shape index (κ3) is 5.38. The first-order chi connectivity index (χ1) is 19.9. The van der Waals surface area contributed by atoms with Crippen molar-refractivity contribution in [2.75, 3.05) is 24.3 Å². The number of hydrogen-bond acceptors (Lipinski definition) is 9. The lowest BCUT2D eigenvalue weighted by molar-refractivity contribution is -0.182. The van der Waals surface area contributed by atoms with Crippen molar-refractivity contribution in [2.45, 2.75) is 51.4 Å². The number of hydrogen-bond donors (Lipinski definition) is 2. The molecule has 2 N–H and O–H groups in total. The molecule has 1 fully saturated rings. The SMILES string of the molecule is COc1ccc([C@H](Nc2cc(C#N)c3ncc(C#N)c(NCC(C)(C)C)c3c2)c2cn(C3(C(F)(F)F)CC3)nn2)cn1. The third-order valence-corrected chi connectivity index (χ3v) is 7.12. The number of aromatic nitrogens is 5. The van der Waals surface area contributed by atoms with Gasteiger partial charge >= 0.3 is 6.18 Å². The largest absolute Gasteiger partial charge is 0.481 e. The molecule has 0 spiro atoms. The number of alkyl halides is 3. The molecule has 1 aliphatic carbocycles. The summed E-state index contributed by atoms with van der Waals surface area (Å²) in [6, 6.07) is 10.2. The highest BCUT2D eigenvalue weighted by molar-refractivity contribution is 5.99. The van der Waals surface area contributed by atoms with Crippen LogP contribution in [0.25, 0.3) is 10.9 Å². The van der Waals surface area contributed by atoms with Crippen molar-refractivity contribution in [1.82, 2.24) is 25.0 Å². The van der Waals surface area contributed by atoms with Gasteiger partial charge in [-0.25, -0.2) is 9.67 Å². The van der Waals surface area contributed by atoms with Gasteiger partial charge in [-0.2, -0.15) is 23.7 Å². The van der Waals surface area contributed by atoms with Gasteiger partial charge in [0.2, 0.25) is 5.88 Å². The Morgan fingerprint density at radius 1 is 1.07 bits per heavy atom. The number of nitriles is 2. The van der Waals surface area contributed by atoms with Gasteiger partial charge in [0, 0.05) is 36.1 Å². The molecule has 0 unspecified atom stereocenters. The number of nitrogens with zero attached hydrogens (tertiary/aromatic N) is 7. The summed E-state index contributed by atoms with van der Waals surface area (Å²) >= 11 is 0. The maximum Gasteiger partial charge on any atom is 0.413 e. The first-order valence-electron chi connectivity index (χ1n) is 13.2. The fourth-order valence-electron chi connectivity index (χ4n) is 4.66. The first-order valence-corrected chi connectivity index (χ1v) is 13.2. The van der Waals surface area contributed by atoms with E-state index in [9.17, 15) is 23.7 Å². The van der Waals surface area contributed by atoms with E-state index in [0.717, 1.165) is 4.68 Å². The molecule has 0 aliphatic heterocycles. The zero-order valence-corrected chi connectivity index (χ0v) is 23.4. The smallest absolute Gasteiger partial charge is 0.413 e. The molecule has 0 amide bonds. The van der Waals surface area contributed by atoms with Crippen LogP contribution in [0.5, 0.6) is 5.88 Å². The number of ether oxygens (including phenoxy) is 1. The lowest BCUT2D eigenvalue weighted by Crippen LogP contribution is -2.35. The molecule has 216 valence electrons. The highest BCUT2D eigenvalue weighted by Crippen LogP contribution is 2.55. The van der Waals surface area contributed by atoms with Crippen LogP contribution in [0.4, 0.5) is 24.5 Å². The van der Waals surface area contributed by atoms with Gasteiger partial charge in [-0.15, -0.1) is 5.10 Å². The molecule has 3 heterocycles. The number of benzene rings is 1. The van der Waals surface area contributed by atoms with E-state index in [1.165, 1.54) is 25.7 Å². The summed E-state index contributed by atoms with van der Waals surface area (Å²) in [5.41, 5.74) is 0.604. The second kappa shape index (κ2) is 10.5. The minimum Gasteiger partial charge on any atom is -0.481 e. The van der Waals surface area contributed by atoms with Crippen LogP contribution in [0.3, 0.4) is 0 Å². The fourth-order valence-corrected chi connectivity index (χ4v) is 4.66. The fraction of sp³-hybridized carbons (Fsp3) is 0.379. The minimum atomic E-state index is -4.47. The van der Waals surface area contributed by atoms with Crippen molar-refractivity contribution < 1.29 is 17.9 Å². The summed E-state index contributed by atoms with van der Waals surface area (Å²) in [6.07, 6.45) is -0.360.